The summed E-state index contributed by atoms with van der Waals surface area (Å²) in [6.45, 7) is 23.5. The van der Waals surface area contributed by atoms with E-state index >= 15 is 0 Å². The predicted molar refractivity (Wildman–Crippen MR) is 183 cm³/mol. The van der Waals surface area contributed by atoms with Crippen LogP contribution in [0.4, 0.5) is 4.39 Å². The maximum Gasteiger partial charge on any atom is 0.268 e. The first kappa shape index (κ1) is 39.2. The molecule has 10 nitrogen and oxygen atoms in total. The van der Waals surface area contributed by atoms with Gasteiger partial charge in [-0.1, -0.05) is 81.9 Å². The third-order valence-electron chi connectivity index (χ3n) is 9.08. The van der Waals surface area contributed by atoms with Gasteiger partial charge in [0.2, 0.25) is 17.7 Å². The van der Waals surface area contributed by atoms with Crippen molar-refractivity contribution >= 4 is 40.3 Å². The average molecular weight is 656 g/mol. The van der Waals surface area contributed by atoms with E-state index < -0.39 is 64.2 Å². The molecule has 0 aliphatic carbocycles. The van der Waals surface area contributed by atoms with E-state index in [9.17, 15) is 28.4 Å². The molecule has 0 unspecified atom stereocenters. The van der Waals surface area contributed by atoms with Gasteiger partial charge in [0.1, 0.15) is 23.6 Å². The maximum absolute atomic E-state index is 14.3. The largest absolute Gasteiger partial charge is 0.356 e. The summed E-state index contributed by atoms with van der Waals surface area (Å²) >= 11 is 0. The highest BCUT2D eigenvalue weighted by Crippen LogP contribution is 2.42. The quantitative estimate of drug-likeness (QED) is 0.277. The Morgan fingerprint density at radius 3 is 2.30 bits per heavy atom. The lowest BCUT2D eigenvalue weighted by Gasteiger charge is -2.38. The monoisotopic (exact) mass is 655 g/mol. The van der Waals surface area contributed by atoms with Crippen LogP contribution in [0.3, 0.4) is 0 Å². The van der Waals surface area contributed by atoms with Crippen LogP contribution in [0.5, 0.6) is 0 Å². The molecule has 3 heterocycles. The van der Waals surface area contributed by atoms with Gasteiger partial charge in [-0.3, -0.25) is 24.0 Å². The number of hydrogen-bond donors (Lipinski definition) is 4. The second kappa shape index (κ2) is 16.2. The number of ketones is 1. The number of aromatic amines is 1. The van der Waals surface area contributed by atoms with E-state index in [-0.39, 0.29) is 35.9 Å². The molecular formula is C36H54FN5O5. The highest BCUT2D eigenvalue weighted by Gasteiger charge is 2.54. The molecule has 0 bridgehead atoms. The molecule has 1 aromatic carbocycles. The first-order valence-electron chi connectivity index (χ1n) is 16.7. The van der Waals surface area contributed by atoms with Crippen molar-refractivity contribution in [1.29, 1.82) is 0 Å². The summed E-state index contributed by atoms with van der Waals surface area (Å²) in [5.74, 6) is -3.08. The van der Waals surface area contributed by atoms with Crippen LogP contribution in [0.25, 0.3) is 10.9 Å². The van der Waals surface area contributed by atoms with Crippen molar-refractivity contribution in [1.82, 2.24) is 25.8 Å². The lowest BCUT2D eigenvalue weighted by Crippen LogP contribution is -2.60. The zero-order valence-corrected chi connectivity index (χ0v) is 29.7. The van der Waals surface area contributed by atoms with Crippen molar-refractivity contribution in [3.63, 3.8) is 0 Å². The van der Waals surface area contributed by atoms with Gasteiger partial charge in [-0.15, -0.1) is 0 Å². The molecular weight excluding hydrogens is 601 g/mol. The van der Waals surface area contributed by atoms with Gasteiger partial charge in [-0.25, -0.2) is 4.39 Å². The number of halogens is 1. The lowest BCUT2D eigenvalue weighted by atomic mass is 9.77. The topological polar surface area (TPSA) is 140 Å². The number of likely N-dealkylation sites (tertiary alicyclic amines) is 1. The Bertz CT molecular complexity index is 1460. The van der Waals surface area contributed by atoms with E-state index in [4.69, 9.17) is 0 Å². The summed E-state index contributed by atoms with van der Waals surface area (Å²) in [6.07, 6.45) is 1.82. The number of nitrogens with zero attached hydrogens (tertiary/aromatic N) is 1. The molecule has 1 aromatic heterocycles. The van der Waals surface area contributed by atoms with Gasteiger partial charge >= 0.3 is 0 Å². The van der Waals surface area contributed by atoms with Crippen LogP contribution in [-0.4, -0.2) is 70.5 Å². The second-order valence-electron chi connectivity index (χ2n) is 13.5. The van der Waals surface area contributed by atoms with E-state index in [0.29, 0.717) is 18.5 Å². The molecule has 2 fully saturated rings. The molecule has 2 saturated heterocycles. The van der Waals surface area contributed by atoms with Crippen molar-refractivity contribution < 1.29 is 28.4 Å². The van der Waals surface area contributed by atoms with Gasteiger partial charge in [-0.2, -0.15) is 0 Å². The van der Waals surface area contributed by atoms with Gasteiger partial charge in [0.05, 0.1) is 6.04 Å². The van der Waals surface area contributed by atoms with Crippen LogP contribution in [0, 0.1) is 28.5 Å². The van der Waals surface area contributed by atoms with Crippen LogP contribution in [0.1, 0.15) is 92.6 Å². The van der Waals surface area contributed by atoms with Crippen molar-refractivity contribution in [3.8, 4) is 0 Å². The highest BCUT2D eigenvalue weighted by molar-refractivity contribution is 6.02. The molecule has 260 valence electrons. The summed E-state index contributed by atoms with van der Waals surface area (Å²) < 4.78 is 14.3. The Hall–Kier alpha value is -4.02. The third kappa shape index (κ3) is 8.67. The summed E-state index contributed by atoms with van der Waals surface area (Å²) in [4.78, 5) is 70.9. The van der Waals surface area contributed by atoms with Crippen LogP contribution < -0.4 is 16.0 Å². The van der Waals surface area contributed by atoms with Gasteiger partial charge in [0.25, 0.3) is 5.91 Å². The number of carbonyl (C=O) groups excluding carboxylic acids is 5. The Morgan fingerprint density at radius 1 is 1.13 bits per heavy atom. The van der Waals surface area contributed by atoms with E-state index in [1.807, 2.05) is 69.2 Å². The number of hydrogen-bond acceptors (Lipinski definition) is 5. The van der Waals surface area contributed by atoms with E-state index in [1.165, 1.54) is 23.1 Å². The number of rotatable bonds is 9. The van der Waals surface area contributed by atoms with E-state index in [1.54, 1.807) is 6.07 Å². The van der Waals surface area contributed by atoms with Gasteiger partial charge in [-0.05, 0) is 53.9 Å². The molecule has 11 heteroatoms. The minimum Gasteiger partial charge on any atom is -0.356 e. The number of benzene rings is 1. The van der Waals surface area contributed by atoms with Crippen molar-refractivity contribution in [2.45, 2.75) is 100 Å². The minimum atomic E-state index is -1.03. The maximum atomic E-state index is 14.3. The number of amides is 4. The molecule has 4 amide bonds. The molecule has 0 saturated carbocycles. The molecule has 2 aromatic rings. The zero-order valence-electron chi connectivity index (χ0n) is 29.7. The Morgan fingerprint density at radius 2 is 1.77 bits per heavy atom. The van der Waals surface area contributed by atoms with Crippen molar-refractivity contribution in [2.24, 2.45) is 22.7 Å². The third-order valence-corrected chi connectivity index (χ3v) is 9.08. The van der Waals surface area contributed by atoms with Crippen LogP contribution >= 0.6 is 0 Å². The fourth-order valence-corrected chi connectivity index (χ4v) is 6.06. The van der Waals surface area contributed by atoms with E-state index in [0.717, 1.165) is 6.08 Å². The van der Waals surface area contributed by atoms with Crippen LogP contribution in [0.15, 0.2) is 36.9 Å². The molecule has 47 heavy (non-hydrogen) atoms. The van der Waals surface area contributed by atoms with E-state index in [2.05, 4.69) is 27.5 Å². The SMILES string of the molecule is C=CC(=O)[C@H](C[C@@H]1CCNC1=O)NC(=O)[C@H]1N(C(=O)[C@@H](NC(=O)c2cc3c(F)cccc3[nH]2)C(C)(C)C)C[C@@H](C)C1(C)C.CC.CC. The van der Waals surface area contributed by atoms with Crippen LogP contribution in [-0.2, 0) is 19.2 Å². The number of aromatic nitrogens is 1. The molecule has 0 spiro atoms. The van der Waals surface area contributed by atoms with Crippen molar-refractivity contribution in [2.75, 3.05) is 13.1 Å². The zero-order chi connectivity index (χ0) is 35.9. The predicted octanol–water partition coefficient (Wildman–Crippen LogP) is 5.14. The first-order chi connectivity index (χ1) is 22.1. The average Bonchev–Trinajstić information content (AvgIpc) is 3.72. The highest BCUT2D eigenvalue weighted by atomic mass is 19.1. The Balaban J connectivity index is 0.00000185. The van der Waals surface area contributed by atoms with Gasteiger partial charge in [0.15, 0.2) is 5.78 Å². The molecule has 4 N–H and O–H groups in total. The smallest absolute Gasteiger partial charge is 0.268 e. The summed E-state index contributed by atoms with van der Waals surface area (Å²) in [5, 5.41) is 8.66. The van der Waals surface area contributed by atoms with Gasteiger partial charge in [0, 0.05) is 29.9 Å². The number of nitrogens with one attached hydrogen (secondary N) is 4. The lowest BCUT2D eigenvalue weighted by molar-refractivity contribution is -0.144. The fourth-order valence-electron chi connectivity index (χ4n) is 6.06. The molecule has 2 aliphatic heterocycles. The fraction of sp³-hybridized carbons (Fsp3) is 0.583. The first-order valence-corrected chi connectivity index (χ1v) is 16.7. The number of carbonyl (C=O) groups is 5. The van der Waals surface area contributed by atoms with Gasteiger partial charge < -0.3 is 25.8 Å². The number of fused-ring (bicyclic) bond motifs is 1. The standard InChI is InChI=1S/C32H42FN5O5.2C2H6/c1-8-24(39)22(14-18-12-13-34-27(18)40)36-29(42)26-32(6,7)17(2)16-38(26)30(43)25(31(3,4)5)37-28(41)23-15-19-20(33)10-9-11-21(19)35-23;2*1-2/h8-11,15,17-18,22,25-26,35H,1,12-14,16H2,2-7H3,(H,34,40)(H,36,42)(H,37,41);2*1-2H3/t17-,18+,22+,25-,26-;;/m1../s1. The molecule has 2 aliphatic rings. The normalized spacial score (nSPS) is 21.3. The summed E-state index contributed by atoms with van der Waals surface area (Å²) in [6, 6.07) is 2.95. The van der Waals surface area contributed by atoms with Crippen molar-refractivity contribution in [3.05, 3.63) is 48.4 Å². The molecule has 5 atom stereocenters. The van der Waals surface area contributed by atoms with Crippen LogP contribution in [0.2, 0.25) is 0 Å². The second-order valence-corrected chi connectivity index (χ2v) is 13.5. The Labute approximate surface area is 278 Å². The number of H-pyrrole nitrogens is 1. The molecule has 4 rings (SSSR count). The molecule has 0 radical (unpaired) electrons. The Kier molecular flexibility index (Phi) is 13.5. The summed E-state index contributed by atoms with van der Waals surface area (Å²) in [7, 11) is 0. The summed E-state index contributed by atoms with van der Waals surface area (Å²) in [5.41, 5.74) is -0.867. The minimum absolute atomic E-state index is 0.0885.